The van der Waals surface area contributed by atoms with E-state index in [4.69, 9.17) is 0 Å². The molecule has 0 aliphatic heterocycles. The van der Waals surface area contributed by atoms with Crippen LogP contribution in [0.2, 0.25) is 0 Å². The van der Waals surface area contributed by atoms with Gasteiger partial charge in [0, 0.05) is 16.3 Å². The van der Waals surface area contributed by atoms with Gasteiger partial charge in [0.2, 0.25) is 0 Å². The van der Waals surface area contributed by atoms with Gasteiger partial charge >= 0.3 is 0 Å². The van der Waals surface area contributed by atoms with Gasteiger partial charge in [0.05, 0.1) is 11.2 Å². The van der Waals surface area contributed by atoms with Gasteiger partial charge in [-0.1, -0.05) is 34.1 Å². The molecule has 13 heavy (non-hydrogen) atoms. The molecule has 0 unspecified atom stereocenters. The number of rotatable bonds is 2. The van der Waals surface area contributed by atoms with E-state index in [0.717, 1.165) is 11.0 Å². The van der Waals surface area contributed by atoms with Crippen LogP contribution in [0.1, 0.15) is 5.56 Å². The predicted octanol–water partition coefficient (Wildman–Crippen LogP) is 3.71. The first-order chi connectivity index (χ1) is 6.40. The fourth-order valence-electron chi connectivity index (χ4n) is 1.17. The number of hydrogen-bond acceptors (Lipinski definition) is 2. The summed E-state index contributed by atoms with van der Waals surface area (Å²) in [6.45, 7) is 0. The minimum atomic E-state index is 0.894. The second-order valence-corrected chi connectivity index (χ2v) is 3.99. The van der Waals surface area contributed by atoms with E-state index in [1.807, 2.05) is 5.51 Å². The van der Waals surface area contributed by atoms with Crippen LogP contribution in [0.5, 0.6) is 0 Å². The molecule has 0 spiro atoms. The summed E-state index contributed by atoms with van der Waals surface area (Å²) in [6.07, 6.45) is 0. The SMILES string of the molecule is BrCc1cccc(-c2cscn2)c1. The van der Waals surface area contributed by atoms with E-state index >= 15 is 0 Å². The molecule has 0 amide bonds. The van der Waals surface area contributed by atoms with Crippen molar-refractivity contribution in [3.05, 3.63) is 40.7 Å². The van der Waals surface area contributed by atoms with Gasteiger partial charge in [-0.05, 0) is 11.6 Å². The molecule has 0 atom stereocenters. The largest absolute Gasteiger partial charge is 0.245 e. The Labute approximate surface area is 89.6 Å². The van der Waals surface area contributed by atoms with E-state index in [9.17, 15) is 0 Å². The second kappa shape index (κ2) is 4.03. The smallest absolute Gasteiger partial charge is 0.0811 e. The summed E-state index contributed by atoms with van der Waals surface area (Å²) in [5.74, 6) is 0. The monoisotopic (exact) mass is 253 g/mol. The molecule has 66 valence electrons. The number of thiazole rings is 1. The van der Waals surface area contributed by atoms with E-state index in [1.54, 1.807) is 11.3 Å². The van der Waals surface area contributed by atoms with Crippen molar-refractivity contribution >= 4 is 27.3 Å². The first kappa shape index (κ1) is 8.91. The number of nitrogens with zero attached hydrogens (tertiary/aromatic N) is 1. The number of halogens is 1. The molecule has 2 rings (SSSR count). The summed E-state index contributed by atoms with van der Waals surface area (Å²) in [4.78, 5) is 4.27. The van der Waals surface area contributed by atoms with Crippen molar-refractivity contribution in [3.8, 4) is 11.3 Å². The molecule has 0 fully saturated rings. The third-order valence-corrected chi connectivity index (χ3v) is 3.04. The third kappa shape index (κ3) is 1.98. The van der Waals surface area contributed by atoms with Crippen LogP contribution >= 0.6 is 27.3 Å². The normalized spacial score (nSPS) is 10.2. The number of aromatic nitrogens is 1. The molecule has 1 heterocycles. The van der Waals surface area contributed by atoms with Gasteiger partial charge in [0.15, 0.2) is 0 Å². The molecule has 0 saturated heterocycles. The van der Waals surface area contributed by atoms with Crippen LogP contribution in [0, 0.1) is 0 Å². The van der Waals surface area contributed by atoms with Crippen LogP contribution < -0.4 is 0 Å². The van der Waals surface area contributed by atoms with Gasteiger partial charge in [-0.15, -0.1) is 11.3 Å². The summed E-state index contributed by atoms with van der Waals surface area (Å²) in [5, 5.41) is 2.96. The zero-order valence-corrected chi connectivity index (χ0v) is 9.31. The van der Waals surface area contributed by atoms with Gasteiger partial charge < -0.3 is 0 Å². The van der Waals surface area contributed by atoms with Crippen molar-refractivity contribution in [2.75, 3.05) is 0 Å². The van der Waals surface area contributed by atoms with Crippen LogP contribution in [0.15, 0.2) is 35.2 Å². The highest BCUT2D eigenvalue weighted by Gasteiger charge is 1.99. The Balaban J connectivity index is 2.41. The van der Waals surface area contributed by atoms with Crippen LogP contribution in [-0.4, -0.2) is 4.98 Å². The Bertz CT molecular complexity index is 384. The van der Waals surface area contributed by atoms with Gasteiger partial charge in [-0.25, -0.2) is 4.98 Å². The molecule has 1 aromatic carbocycles. The first-order valence-electron chi connectivity index (χ1n) is 3.93. The lowest BCUT2D eigenvalue weighted by atomic mass is 10.1. The van der Waals surface area contributed by atoms with Crippen LogP contribution in [0.25, 0.3) is 11.3 Å². The van der Waals surface area contributed by atoms with Gasteiger partial charge in [-0.2, -0.15) is 0 Å². The molecule has 0 radical (unpaired) electrons. The zero-order chi connectivity index (χ0) is 9.10. The second-order valence-electron chi connectivity index (χ2n) is 2.71. The Morgan fingerprint density at radius 3 is 3.00 bits per heavy atom. The molecule has 2 aromatic rings. The highest BCUT2D eigenvalue weighted by molar-refractivity contribution is 9.08. The fraction of sp³-hybridized carbons (Fsp3) is 0.100. The molecule has 0 N–H and O–H groups in total. The zero-order valence-electron chi connectivity index (χ0n) is 6.90. The highest BCUT2D eigenvalue weighted by Crippen LogP contribution is 2.20. The Hall–Kier alpha value is -0.670. The molecule has 3 heteroatoms. The van der Waals surface area contributed by atoms with Crippen LogP contribution in [0.3, 0.4) is 0 Å². The Morgan fingerprint density at radius 1 is 1.38 bits per heavy atom. The van der Waals surface area contributed by atoms with Gasteiger partial charge in [0.25, 0.3) is 0 Å². The van der Waals surface area contributed by atoms with E-state index in [2.05, 4.69) is 50.6 Å². The van der Waals surface area contributed by atoms with Crippen molar-refractivity contribution in [1.82, 2.24) is 4.98 Å². The van der Waals surface area contributed by atoms with E-state index < -0.39 is 0 Å². The molecule has 1 nitrogen and oxygen atoms in total. The molecule has 0 saturated carbocycles. The lowest BCUT2D eigenvalue weighted by Gasteiger charge is -1.98. The topological polar surface area (TPSA) is 12.9 Å². The van der Waals surface area contributed by atoms with Crippen molar-refractivity contribution in [3.63, 3.8) is 0 Å². The lowest BCUT2D eigenvalue weighted by Crippen LogP contribution is -1.80. The quantitative estimate of drug-likeness (QED) is 0.744. The minimum Gasteiger partial charge on any atom is -0.245 e. The average Bonchev–Trinajstić information content (AvgIpc) is 2.71. The van der Waals surface area contributed by atoms with Crippen molar-refractivity contribution in [1.29, 1.82) is 0 Å². The van der Waals surface area contributed by atoms with Crippen molar-refractivity contribution in [2.45, 2.75) is 5.33 Å². The Morgan fingerprint density at radius 2 is 2.31 bits per heavy atom. The van der Waals surface area contributed by atoms with Gasteiger partial charge in [-0.3, -0.25) is 0 Å². The van der Waals surface area contributed by atoms with Crippen molar-refractivity contribution in [2.24, 2.45) is 0 Å². The molecule has 1 aromatic heterocycles. The highest BCUT2D eigenvalue weighted by atomic mass is 79.9. The predicted molar refractivity (Wildman–Crippen MR) is 60.2 cm³/mol. The van der Waals surface area contributed by atoms with Crippen LogP contribution in [0.4, 0.5) is 0 Å². The van der Waals surface area contributed by atoms with Crippen LogP contribution in [-0.2, 0) is 5.33 Å². The van der Waals surface area contributed by atoms with E-state index in [0.29, 0.717) is 0 Å². The fourth-order valence-corrected chi connectivity index (χ4v) is 2.08. The molecular weight excluding hydrogens is 246 g/mol. The summed E-state index contributed by atoms with van der Waals surface area (Å²) >= 11 is 5.06. The molecule has 0 aliphatic carbocycles. The summed E-state index contributed by atoms with van der Waals surface area (Å²) < 4.78 is 0. The Kier molecular flexibility index (Phi) is 2.76. The maximum atomic E-state index is 4.27. The minimum absolute atomic E-state index is 0.894. The maximum absolute atomic E-state index is 4.27. The third-order valence-electron chi connectivity index (χ3n) is 1.81. The first-order valence-corrected chi connectivity index (χ1v) is 6.00. The molecule has 0 aliphatic rings. The number of alkyl halides is 1. The van der Waals surface area contributed by atoms with Crippen molar-refractivity contribution < 1.29 is 0 Å². The van der Waals surface area contributed by atoms with E-state index in [1.165, 1.54) is 11.1 Å². The lowest BCUT2D eigenvalue weighted by molar-refractivity contribution is 1.38. The molecular formula is C10H8BrNS. The van der Waals surface area contributed by atoms with Gasteiger partial charge in [0.1, 0.15) is 0 Å². The average molecular weight is 254 g/mol. The summed E-state index contributed by atoms with van der Waals surface area (Å²) in [5.41, 5.74) is 5.40. The number of hydrogen-bond donors (Lipinski definition) is 0. The number of benzene rings is 1. The standard InChI is InChI=1S/C10H8BrNS/c11-5-8-2-1-3-9(4-8)10-6-13-7-12-10/h1-4,6-7H,5H2. The summed E-state index contributed by atoms with van der Waals surface area (Å²) in [7, 11) is 0. The van der Waals surface area contributed by atoms with E-state index in [-0.39, 0.29) is 0 Å². The summed E-state index contributed by atoms with van der Waals surface area (Å²) in [6, 6.07) is 8.40. The molecule has 0 bridgehead atoms. The maximum Gasteiger partial charge on any atom is 0.0811 e.